The number of nitrogens with one attached hydrogen (secondary N) is 1. The highest BCUT2D eigenvalue weighted by Gasteiger charge is 2.55. The van der Waals surface area contributed by atoms with E-state index in [4.69, 9.17) is 21.1 Å². The largest absolute Gasteiger partial charge is 0.478 e. The summed E-state index contributed by atoms with van der Waals surface area (Å²) in [4.78, 5) is 33.6. The molecule has 3 unspecified atom stereocenters. The van der Waals surface area contributed by atoms with Crippen LogP contribution in [-0.4, -0.2) is 81.6 Å². The van der Waals surface area contributed by atoms with Crippen LogP contribution in [0, 0.1) is 17.8 Å². The number of halogens is 4. The minimum atomic E-state index is -4.33. The lowest BCUT2D eigenvalue weighted by atomic mass is 9.93. The van der Waals surface area contributed by atoms with Crippen LogP contribution in [0.15, 0.2) is 47.6 Å². The molecule has 3 aromatic heterocycles. The lowest BCUT2D eigenvalue weighted by Crippen LogP contribution is -2.41. The third kappa shape index (κ3) is 9.12. The van der Waals surface area contributed by atoms with Crippen molar-refractivity contribution in [2.75, 3.05) is 19.8 Å². The number of hydrogen-bond acceptors (Lipinski definition) is 9. The highest BCUT2D eigenvalue weighted by molar-refractivity contribution is 7.90. The van der Waals surface area contributed by atoms with Crippen molar-refractivity contribution in [3.05, 3.63) is 53.4 Å². The number of likely N-dealkylation sites (tertiary alicyclic amines) is 1. The van der Waals surface area contributed by atoms with Crippen LogP contribution in [-0.2, 0) is 10.0 Å². The molecule has 1 aliphatic carbocycles. The average Bonchev–Trinajstić information content (AvgIpc) is 3.54. The van der Waals surface area contributed by atoms with Crippen LogP contribution in [0.1, 0.15) is 62.7 Å². The fourth-order valence-corrected chi connectivity index (χ4v) is 7.14. The standard InChI is InChI=1S/C31H36ClF3N6O7S/c1-30(2)16-19(18-40(30)29(43)44)5-3-4-13-47-25-9-6-21(17-36-25)49(45,46)39-28(42)22-7-8-24(37-27(22)32)41-12-10-26(38-41)48-14-11-20-15-23(20)31(33,34)35/h6-10,12,17,19-20,23H,3-5,11,13-16,18H2,1-2H3,(H,39,42)(H,43,44). The van der Waals surface area contributed by atoms with E-state index in [1.165, 1.54) is 46.1 Å². The quantitative estimate of drug-likeness (QED) is 0.155. The second-order valence-corrected chi connectivity index (χ2v) is 14.8. The normalized spacial score (nSPS) is 20.2. The number of unbranched alkanes of at least 4 members (excludes halogenated alkanes) is 1. The Morgan fingerprint density at radius 3 is 2.47 bits per heavy atom. The van der Waals surface area contributed by atoms with Crippen molar-refractivity contribution in [3.8, 4) is 17.6 Å². The van der Waals surface area contributed by atoms with Crippen molar-refractivity contribution in [1.29, 1.82) is 0 Å². The van der Waals surface area contributed by atoms with E-state index in [9.17, 15) is 36.3 Å². The Labute approximate surface area is 285 Å². The van der Waals surface area contributed by atoms with Gasteiger partial charge in [0.05, 0.1) is 30.9 Å². The van der Waals surface area contributed by atoms with Crippen molar-refractivity contribution < 1.29 is 45.8 Å². The smallest absolute Gasteiger partial charge is 0.407 e. The highest BCUT2D eigenvalue weighted by atomic mass is 35.5. The third-order valence-electron chi connectivity index (χ3n) is 8.65. The van der Waals surface area contributed by atoms with Crippen LogP contribution in [0.4, 0.5) is 18.0 Å². The number of amides is 2. The van der Waals surface area contributed by atoms with Crippen LogP contribution in [0.2, 0.25) is 5.15 Å². The van der Waals surface area contributed by atoms with Crippen molar-refractivity contribution >= 4 is 33.6 Å². The summed E-state index contributed by atoms with van der Waals surface area (Å²) in [7, 11) is -4.33. The number of nitrogens with zero attached hydrogens (tertiary/aromatic N) is 5. The van der Waals surface area contributed by atoms with E-state index in [1.54, 1.807) is 0 Å². The Kier molecular flexibility index (Phi) is 10.6. The fraction of sp³-hybridized carbons (Fsp3) is 0.516. The molecule has 2 amide bonds. The second-order valence-electron chi connectivity index (χ2n) is 12.8. The fourth-order valence-electron chi connectivity index (χ4n) is 5.99. The number of pyridine rings is 2. The maximum Gasteiger partial charge on any atom is 0.407 e. The molecule has 18 heteroatoms. The zero-order valence-electron chi connectivity index (χ0n) is 26.7. The molecule has 0 bridgehead atoms. The van der Waals surface area contributed by atoms with Crippen molar-refractivity contribution in [3.63, 3.8) is 0 Å². The SMILES string of the molecule is CC1(C)CC(CCCCOc2ccc(S(=O)(=O)NC(=O)c3ccc(-n4ccc(OCCC5CC5C(F)(F)F)n4)nc3Cl)cn2)CN1C(=O)O. The predicted molar refractivity (Wildman–Crippen MR) is 169 cm³/mol. The van der Waals surface area contributed by atoms with E-state index in [-0.39, 0.29) is 64.1 Å². The Balaban J connectivity index is 1.07. The van der Waals surface area contributed by atoms with Gasteiger partial charge in [0, 0.05) is 30.4 Å². The second kappa shape index (κ2) is 14.4. The first-order chi connectivity index (χ1) is 23.0. The van der Waals surface area contributed by atoms with Gasteiger partial charge in [-0.2, -0.15) is 13.2 Å². The molecular weight excluding hydrogens is 693 g/mol. The van der Waals surface area contributed by atoms with Crippen LogP contribution < -0.4 is 14.2 Å². The van der Waals surface area contributed by atoms with Crippen LogP contribution in [0.3, 0.4) is 0 Å². The van der Waals surface area contributed by atoms with E-state index < -0.39 is 40.0 Å². The molecule has 13 nitrogen and oxygen atoms in total. The van der Waals surface area contributed by atoms with Gasteiger partial charge in [0.2, 0.25) is 11.8 Å². The lowest BCUT2D eigenvalue weighted by molar-refractivity contribution is -0.151. The minimum Gasteiger partial charge on any atom is -0.478 e. The van der Waals surface area contributed by atoms with Gasteiger partial charge in [-0.3, -0.25) is 4.79 Å². The summed E-state index contributed by atoms with van der Waals surface area (Å²) >= 11 is 6.21. The number of rotatable bonds is 14. The number of aromatic nitrogens is 4. The molecule has 0 aromatic carbocycles. The summed E-state index contributed by atoms with van der Waals surface area (Å²) < 4.78 is 78.1. The summed E-state index contributed by atoms with van der Waals surface area (Å²) in [5.41, 5.74) is -0.600. The molecule has 3 atom stereocenters. The van der Waals surface area contributed by atoms with E-state index >= 15 is 0 Å². The lowest BCUT2D eigenvalue weighted by Gasteiger charge is -2.28. The molecule has 0 spiro atoms. The summed E-state index contributed by atoms with van der Waals surface area (Å²) in [5, 5.41) is 13.2. The van der Waals surface area contributed by atoms with Crippen molar-refractivity contribution in [2.24, 2.45) is 17.8 Å². The maximum absolute atomic E-state index is 12.9. The molecule has 1 aliphatic heterocycles. The van der Waals surface area contributed by atoms with Gasteiger partial charge >= 0.3 is 12.3 Å². The maximum atomic E-state index is 12.9. The molecular formula is C31H36ClF3N6O7S. The van der Waals surface area contributed by atoms with E-state index in [1.807, 2.05) is 18.6 Å². The first-order valence-corrected chi connectivity index (χ1v) is 17.5. The van der Waals surface area contributed by atoms with Crippen molar-refractivity contribution in [2.45, 2.75) is 69.0 Å². The van der Waals surface area contributed by atoms with Crippen molar-refractivity contribution in [1.82, 2.24) is 29.4 Å². The first kappa shape index (κ1) is 36.2. The third-order valence-corrected chi connectivity index (χ3v) is 10.3. The summed E-state index contributed by atoms with van der Waals surface area (Å²) in [5.74, 6) is -1.91. The molecule has 5 rings (SSSR count). The molecule has 0 radical (unpaired) electrons. The topological polar surface area (TPSA) is 166 Å². The first-order valence-electron chi connectivity index (χ1n) is 15.6. The van der Waals surface area contributed by atoms with Crippen LogP contribution in [0.5, 0.6) is 11.8 Å². The number of carboxylic acid groups (broad SMARTS) is 1. The van der Waals surface area contributed by atoms with Gasteiger partial charge in [-0.15, -0.1) is 5.10 Å². The Morgan fingerprint density at radius 2 is 1.84 bits per heavy atom. The molecule has 2 aliphatic rings. The monoisotopic (exact) mass is 728 g/mol. The molecule has 49 heavy (non-hydrogen) atoms. The van der Waals surface area contributed by atoms with E-state index in [2.05, 4.69) is 15.1 Å². The summed E-state index contributed by atoms with van der Waals surface area (Å²) in [6.45, 7) is 4.77. The molecule has 1 saturated carbocycles. The van der Waals surface area contributed by atoms with Gasteiger partial charge < -0.3 is 19.5 Å². The number of hydrogen-bond donors (Lipinski definition) is 2. The molecule has 266 valence electrons. The van der Waals surface area contributed by atoms with Gasteiger partial charge in [-0.05, 0) is 82.4 Å². The number of carbonyl (C=O) groups is 2. The van der Waals surface area contributed by atoms with E-state index in [0.717, 1.165) is 25.5 Å². The summed E-state index contributed by atoms with van der Waals surface area (Å²) in [6, 6.07) is 6.78. The number of carbonyl (C=O) groups excluding carboxylic acids is 1. The molecule has 3 aromatic rings. The molecule has 2 fully saturated rings. The van der Waals surface area contributed by atoms with Crippen LogP contribution >= 0.6 is 11.6 Å². The number of sulfonamides is 1. The van der Waals surface area contributed by atoms with Crippen LogP contribution in [0.25, 0.3) is 5.82 Å². The number of alkyl halides is 3. The molecule has 4 heterocycles. The highest BCUT2D eigenvalue weighted by Crippen LogP contribution is 2.51. The zero-order valence-corrected chi connectivity index (χ0v) is 28.3. The van der Waals surface area contributed by atoms with Gasteiger partial charge in [0.1, 0.15) is 10.0 Å². The van der Waals surface area contributed by atoms with Gasteiger partial charge in [-0.25, -0.2) is 32.6 Å². The Bertz CT molecular complexity index is 1770. The summed E-state index contributed by atoms with van der Waals surface area (Å²) in [6.07, 6.45) is 1.01. The molecule has 2 N–H and O–H groups in total. The minimum absolute atomic E-state index is 0.0679. The average molecular weight is 729 g/mol. The van der Waals surface area contributed by atoms with Gasteiger partial charge in [-0.1, -0.05) is 11.6 Å². The predicted octanol–water partition coefficient (Wildman–Crippen LogP) is 5.73. The Hall–Kier alpha value is -4.12. The Morgan fingerprint density at radius 1 is 1.08 bits per heavy atom. The zero-order chi connectivity index (χ0) is 35.6. The van der Waals surface area contributed by atoms with Gasteiger partial charge in [0.15, 0.2) is 5.82 Å². The van der Waals surface area contributed by atoms with E-state index in [0.29, 0.717) is 19.6 Å². The number of ether oxygens (including phenoxy) is 2. The van der Waals surface area contributed by atoms with Gasteiger partial charge in [0.25, 0.3) is 15.9 Å². The molecule has 1 saturated heterocycles.